The van der Waals surface area contributed by atoms with Gasteiger partial charge in [0.25, 0.3) is 0 Å². The van der Waals surface area contributed by atoms with Gasteiger partial charge >= 0.3 is 6.18 Å². The molecule has 2 atom stereocenters. The monoisotopic (exact) mass is 599 g/mol. The maximum atomic E-state index is 13.5. The van der Waals surface area contributed by atoms with Crippen molar-refractivity contribution in [2.45, 2.75) is 38.2 Å². The number of halogens is 3. The molecule has 0 aliphatic carbocycles. The zero-order valence-electron chi connectivity index (χ0n) is 24.8. The largest absolute Gasteiger partial charge is 0.416 e. The van der Waals surface area contributed by atoms with Crippen molar-refractivity contribution < 1.29 is 27.5 Å². The van der Waals surface area contributed by atoms with E-state index in [1.54, 1.807) is 19.1 Å². The fourth-order valence-corrected chi connectivity index (χ4v) is 5.29. The number of rotatable bonds is 12. The first kappa shape index (κ1) is 32.2. The predicted octanol–water partition coefficient (Wildman–Crippen LogP) is 4.10. The second kappa shape index (κ2) is 14.7. The summed E-state index contributed by atoms with van der Waals surface area (Å²) in [5.41, 5.74) is 1.41. The first-order valence-electron chi connectivity index (χ1n) is 14.5. The summed E-state index contributed by atoms with van der Waals surface area (Å²) in [7, 11) is 3.27. The smallest absolute Gasteiger partial charge is 0.380 e. The lowest BCUT2D eigenvalue weighted by atomic mass is 9.99. The summed E-state index contributed by atoms with van der Waals surface area (Å²) in [6, 6.07) is 17.2. The van der Waals surface area contributed by atoms with E-state index in [0.29, 0.717) is 44.0 Å². The molecule has 0 aromatic heterocycles. The Bertz CT molecular complexity index is 1390. The van der Waals surface area contributed by atoms with Crippen molar-refractivity contribution in [3.05, 3.63) is 77.4 Å². The molecule has 1 saturated heterocycles. The van der Waals surface area contributed by atoms with Crippen LogP contribution < -0.4 is 20.9 Å². The maximum Gasteiger partial charge on any atom is 0.416 e. The molecule has 2 amide bonds. The molecular formula is C32H40F3N5O3. The number of nitrogens with zero attached hydrogens (tertiary/aromatic N) is 2. The van der Waals surface area contributed by atoms with Crippen LogP contribution in [0.3, 0.4) is 0 Å². The number of benzene rings is 3. The van der Waals surface area contributed by atoms with Crippen LogP contribution in [0.15, 0.2) is 60.7 Å². The van der Waals surface area contributed by atoms with Crippen molar-refractivity contribution in [2.24, 2.45) is 0 Å². The molecule has 3 aromatic rings. The highest BCUT2D eigenvalue weighted by atomic mass is 19.4. The Hall–Kier alpha value is -3.67. The quantitative estimate of drug-likeness (QED) is 0.291. The Morgan fingerprint density at radius 1 is 0.977 bits per heavy atom. The van der Waals surface area contributed by atoms with Gasteiger partial charge in [-0.05, 0) is 60.1 Å². The second-order valence-corrected chi connectivity index (χ2v) is 10.8. The van der Waals surface area contributed by atoms with E-state index in [1.165, 1.54) is 12.1 Å². The van der Waals surface area contributed by atoms with E-state index in [0.717, 1.165) is 22.4 Å². The highest BCUT2D eigenvalue weighted by Gasteiger charge is 2.32. The van der Waals surface area contributed by atoms with Crippen molar-refractivity contribution >= 4 is 28.3 Å². The third-order valence-electron chi connectivity index (χ3n) is 7.76. The van der Waals surface area contributed by atoms with Crippen LogP contribution in [0.1, 0.15) is 36.1 Å². The minimum atomic E-state index is -4.44. The van der Waals surface area contributed by atoms with Gasteiger partial charge < -0.3 is 30.5 Å². The Balaban J connectivity index is 1.45. The van der Waals surface area contributed by atoms with Gasteiger partial charge in [0, 0.05) is 52.1 Å². The van der Waals surface area contributed by atoms with Gasteiger partial charge in [0.15, 0.2) is 0 Å². The van der Waals surface area contributed by atoms with Crippen LogP contribution in [0, 0.1) is 0 Å². The summed E-state index contributed by atoms with van der Waals surface area (Å²) >= 11 is 0. The summed E-state index contributed by atoms with van der Waals surface area (Å²) < 4.78 is 45.7. The van der Waals surface area contributed by atoms with E-state index < -0.39 is 17.8 Å². The third-order valence-corrected chi connectivity index (χ3v) is 7.76. The Labute approximate surface area is 250 Å². The number of methoxy groups -OCH3 is 1. The summed E-state index contributed by atoms with van der Waals surface area (Å²) in [5.74, 6) is -0.299. The molecule has 1 aliphatic heterocycles. The first-order valence-corrected chi connectivity index (χ1v) is 14.5. The number of likely N-dealkylation sites (N-methyl/N-ethyl adjacent to an activating group) is 1. The molecule has 0 radical (unpaired) electrons. The van der Waals surface area contributed by atoms with Crippen LogP contribution in [0.2, 0.25) is 0 Å². The molecule has 1 aliphatic rings. The number of nitrogens with one attached hydrogen (secondary N) is 3. The number of anilines is 1. The number of hydrogen-bond acceptors (Lipinski definition) is 6. The fourth-order valence-electron chi connectivity index (χ4n) is 5.29. The number of amides is 2. The number of carbonyl (C=O) groups is 2. The van der Waals surface area contributed by atoms with E-state index in [-0.39, 0.29) is 37.4 Å². The number of fused-ring (bicyclic) bond motifs is 1. The highest BCUT2D eigenvalue weighted by Crippen LogP contribution is 2.33. The van der Waals surface area contributed by atoms with Crippen LogP contribution >= 0.6 is 0 Å². The second-order valence-electron chi connectivity index (χ2n) is 10.8. The van der Waals surface area contributed by atoms with Gasteiger partial charge in [0.1, 0.15) is 0 Å². The summed E-state index contributed by atoms with van der Waals surface area (Å²) in [6.07, 6.45) is -4.42. The average Bonchev–Trinajstić information content (AvgIpc) is 3.00. The van der Waals surface area contributed by atoms with E-state index in [9.17, 15) is 22.8 Å². The van der Waals surface area contributed by atoms with Crippen LogP contribution in [-0.2, 0) is 27.0 Å². The number of alkyl halides is 3. The molecular weight excluding hydrogens is 559 g/mol. The molecule has 43 heavy (non-hydrogen) atoms. The lowest BCUT2D eigenvalue weighted by Crippen LogP contribution is -2.50. The zero-order chi connectivity index (χ0) is 31.0. The molecule has 0 saturated carbocycles. The SMILES string of the molecule is CNCC(=O)NC(CC(=O)N1CCN(c2ccc(C(F)(F)F)cc2CNCC(C)OC)CC1)c1ccc2ccccc2c1. The van der Waals surface area contributed by atoms with E-state index >= 15 is 0 Å². The van der Waals surface area contributed by atoms with Gasteiger partial charge in [-0.25, -0.2) is 0 Å². The van der Waals surface area contributed by atoms with Crippen LogP contribution in [-0.4, -0.2) is 76.2 Å². The van der Waals surface area contributed by atoms with Crippen LogP contribution in [0.5, 0.6) is 0 Å². The molecule has 1 fully saturated rings. The van der Waals surface area contributed by atoms with Gasteiger partial charge in [-0.2, -0.15) is 13.2 Å². The van der Waals surface area contributed by atoms with Gasteiger partial charge in [0.2, 0.25) is 11.8 Å². The van der Waals surface area contributed by atoms with Crippen LogP contribution in [0.25, 0.3) is 10.8 Å². The maximum absolute atomic E-state index is 13.5. The highest BCUT2D eigenvalue weighted by molar-refractivity contribution is 5.85. The Morgan fingerprint density at radius 2 is 1.70 bits per heavy atom. The van der Waals surface area contributed by atoms with Gasteiger partial charge in [-0.3, -0.25) is 9.59 Å². The van der Waals surface area contributed by atoms with Crippen molar-refractivity contribution in [1.82, 2.24) is 20.9 Å². The molecule has 232 valence electrons. The molecule has 0 spiro atoms. The summed E-state index contributed by atoms with van der Waals surface area (Å²) in [5, 5.41) is 11.1. The van der Waals surface area contributed by atoms with E-state index in [4.69, 9.17) is 4.74 Å². The molecule has 0 bridgehead atoms. The van der Waals surface area contributed by atoms with Gasteiger partial charge in [-0.15, -0.1) is 0 Å². The Morgan fingerprint density at radius 3 is 2.37 bits per heavy atom. The van der Waals surface area contributed by atoms with Crippen molar-refractivity contribution in [3.8, 4) is 0 Å². The number of hydrogen-bond donors (Lipinski definition) is 3. The zero-order valence-corrected chi connectivity index (χ0v) is 24.8. The van der Waals surface area contributed by atoms with Crippen molar-refractivity contribution in [2.75, 3.05) is 58.3 Å². The fraction of sp³-hybridized carbons (Fsp3) is 0.438. The summed E-state index contributed by atoms with van der Waals surface area (Å²) in [6.45, 7) is 4.56. The average molecular weight is 600 g/mol. The molecule has 11 heteroatoms. The van der Waals surface area contributed by atoms with E-state index in [1.807, 2.05) is 54.3 Å². The first-order chi connectivity index (χ1) is 20.6. The third kappa shape index (κ3) is 8.68. The number of ether oxygens (including phenoxy) is 1. The molecule has 3 aromatic carbocycles. The minimum absolute atomic E-state index is 0.0785. The predicted molar refractivity (Wildman–Crippen MR) is 162 cm³/mol. The van der Waals surface area contributed by atoms with Crippen LogP contribution in [0.4, 0.5) is 18.9 Å². The van der Waals surface area contributed by atoms with Gasteiger partial charge in [0.05, 0.1) is 30.7 Å². The lowest BCUT2D eigenvalue weighted by Gasteiger charge is -2.38. The normalized spacial score (nSPS) is 15.4. The summed E-state index contributed by atoms with van der Waals surface area (Å²) in [4.78, 5) is 29.8. The topological polar surface area (TPSA) is 85.9 Å². The minimum Gasteiger partial charge on any atom is -0.380 e. The lowest BCUT2D eigenvalue weighted by molar-refractivity contribution is -0.137. The number of carbonyl (C=O) groups excluding carboxylic acids is 2. The molecule has 4 rings (SSSR count). The van der Waals surface area contributed by atoms with E-state index in [2.05, 4.69) is 16.0 Å². The van der Waals surface area contributed by atoms with Crippen molar-refractivity contribution in [1.29, 1.82) is 0 Å². The van der Waals surface area contributed by atoms with Gasteiger partial charge in [-0.1, -0.05) is 36.4 Å². The molecule has 2 unspecified atom stereocenters. The number of piperazine rings is 1. The Kier molecular flexibility index (Phi) is 11.0. The molecule has 8 nitrogen and oxygen atoms in total. The molecule has 3 N–H and O–H groups in total. The molecule has 1 heterocycles. The standard InChI is InChI=1S/C32H40F3N5O3/c1-22(43-3)19-37-20-26-17-27(32(33,34)35)10-11-29(26)39-12-14-40(15-13-39)31(42)18-28(38-30(41)21-36-2)25-9-8-23-6-4-5-7-24(23)16-25/h4-11,16-17,22,28,36-37H,12-15,18-21H2,1-3H3,(H,38,41). The van der Waals surface area contributed by atoms with Crippen molar-refractivity contribution in [3.63, 3.8) is 0 Å².